The van der Waals surface area contributed by atoms with E-state index in [1.807, 2.05) is 35.9 Å². The molecule has 2 N–H and O–H groups in total. The first-order valence-corrected chi connectivity index (χ1v) is 13.3. The van der Waals surface area contributed by atoms with Crippen molar-refractivity contribution in [3.63, 3.8) is 0 Å². The van der Waals surface area contributed by atoms with Gasteiger partial charge in [-0.05, 0) is 25.1 Å². The van der Waals surface area contributed by atoms with Crippen molar-refractivity contribution in [1.82, 2.24) is 9.97 Å². The summed E-state index contributed by atoms with van der Waals surface area (Å²) in [6.45, 7) is 2.04. The highest BCUT2D eigenvalue weighted by molar-refractivity contribution is 7.92. The third kappa shape index (κ3) is 5.78. The average molecular weight is 485 g/mol. The quantitative estimate of drug-likeness (QED) is 0.393. The lowest BCUT2D eigenvalue weighted by Crippen LogP contribution is -2.14. The molecule has 0 unspecified atom stereocenters. The van der Waals surface area contributed by atoms with E-state index in [1.54, 1.807) is 24.3 Å². The Morgan fingerprint density at radius 1 is 1.00 bits per heavy atom. The molecular weight excluding hydrogens is 464 g/mol. The van der Waals surface area contributed by atoms with Crippen molar-refractivity contribution in [2.75, 3.05) is 16.3 Å². The lowest BCUT2D eigenvalue weighted by Gasteiger charge is -2.04. The molecule has 0 aliphatic carbocycles. The van der Waals surface area contributed by atoms with Crippen LogP contribution in [0.2, 0.25) is 0 Å². The summed E-state index contributed by atoms with van der Waals surface area (Å²) >= 11 is 2.85. The van der Waals surface area contributed by atoms with Gasteiger partial charge in [-0.3, -0.25) is 9.52 Å². The highest BCUT2D eigenvalue weighted by Gasteiger charge is 2.12. The van der Waals surface area contributed by atoms with Crippen molar-refractivity contribution in [3.05, 3.63) is 70.5 Å². The van der Waals surface area contributed by atoms with Crippen LogP contribution in [0.1, 0.15) is 11.3 Å². The van der Waals surface area contributed by atoms with E-state index in [1.165, 1.54) is 22.7 Å². The zero-order valence-corrected chi connectivity index (χ0v) is 19.8. The van der Waals surface area contributed by atoms with Crippen LogP contribution in [0.4, 0.5) is 10.8 Å². The molecule has 0 aliphatic heterocycles. The number of aryl methyl sites for hydroxylation is 1. The SMILES string of the molecule is Cc1cccc(-c2nc(CC(=O)Nc3nc(-c4ccc(NS(C)(=O)=O)cc4)cs3)cs2)c1. The fourth-order valence-corrected chi connectivity index (χ4v) is 5.13. The highest BCUT2D eigenvalue weighted by atomic mass is 32.2. The van der Waals surface area contributed by atoms with Crippen LogP contribution in [0.3, 0.4) is 0 Å². The largest absolute Gasteiger partial charge is 0.302 e. The Hall–Kier alpha value is -3.08. The smallest absolute Gasteiger partial charge is 0.232 e. The predicted octanol–water partition coefficient (Wildman–Crippen LogP) is 4.79. The molecule has 0 atom stereocenters. The number of aromatic nitrogens is 2. The molecule has 2 heterocycles. The molecule has 0 bridgehead atoms. The second kappa shape index (κ2) is 9.19. The van der Waals surface area contributed by atoms with Crippen LogP contribution in [0.25, 0.3) is 21.8 Å². The normalized spacial score (nSPS) is 11.3. The first kappa shape index (κ1) is 22.1. The van der Waals surface area contributed by atoms with Gasteiger partial charge < -0.3 is 5.32 Å². The standard InChI is InChI=1S/C22H20N4O3S3/c1-14-4-3-5-16(10-14)21-23-18(12-30-21)11-20(27)25-22-24-19(13-31-22)15-6-8-17(9-7-15)26-32(2,28)29/h3-10,12-13,26H,11H2,1-2H3,(H,24,25,27). The zero-order chi connectivity index (χ0) is 22.7. The van der Waals surface area contributed by atoms with Crippen LogP contribution < -0.4 is 10.0 Å². The van der Waals surface area contributed by atoms with E-state index < -0.39 is 10.0 Å². The summed E-state index contributed by atoms with van der Waals surface area (Å²) < 4.78 is 25.0. The van der Waals surface area contributed by atoms with Gasteiger partial charge in [0.2, 0.25) is 15.9 Å². The van der Waals surface area contributed by atoms with E-state index in [9.17, 15) is 13.2 Å². The van der Waals surface area contributed by atoms with Gasteiger partial charge in [-0.1, -0.05) is 35.9 Å². The molecule has 4 rings (SSSR count). The molecule has 0 aliphatic rings. The Balaban J connectivity index is 1.38. The van der Waals surface area contributed by atoms with Gasteiger partial charge in [0.1, 0.15) is 5.01 Å². The lowest BCUT2D eigenvalue weighted by molar-refractivity contribution is -0.115. The molecule has 10 heteroatoms. The van der Waals surface area contributed by atoms with Crippen molar-refractivity contribution in [3.8, 4) is 21.8 Å². The van der Waals surface area contributed by atoms with E-state index in [0.717, 1.165) is 33.6 Å². The Labute approximate surface area is 194 Å². The molecular formula is C22H20N4O3S3. The van der Waals surface area contributed by atoms with Gasteiger partial charge >= 0.3 is 0 Å². The third-order valence-electron chi connectivity index (χ3n) is 4.39. The monoisotopic (exact) mass is 484 g/mol. The van der Waals surface area contributed by atoms with Gasteiger partial charge in [0.05, 0.1) is 24.1 Å². The zero-order valence-electron chi connectivity index (χ0n) is 17.3. The number of carbonyl (C=O) groups is 1. The number of amides is 1. The van der Waals surface area contributed by atoms with Crippen molar-refractivity contribution in [2.45, 2.75) is 13.3 Å². The van der Waals surface area contributed by atoms with Crippen LogP contribution in [-0.2, 0) is 21.2 Å². The maximum atomic E-state index is 12.5. The Kier molecular flexibility index (Phi) is 6.35. The second-order valence-electron chi connectivity index (χ2n) is 7.23. The van der Waals surface area contributed by atoms with E-state index >= 15 is 0 Å². The third-order valence-corrected chi connectivity index (χ3v) is 6.70. The number of sulfonamides is 1. The number of hydrogen-bond acceptors (Lipinski definition) is 7. The van der Waals surface area contributed by atoms with Crippen molar-refractivity contribution < 1.29 is 13.2 Å². The summed E-state index contributed by atoms with van der Waals surface area (Å²) in [4.78, 5) is 21.5. The maximum absolute atomic E-state index is 12.5. The van der Waals surface area contributed by atoms with Crippen molar-refractivity contribution >= 4 is 49.4 Å². The minimum atomic E-state index is -3.32. The molecule has 0 saturated carbocycles. The van der Waals surface area contributed by atoms with Gasteiger partial charge in [0.15, 0.2) is 5.13 Å². The minimum absolute atomic E-state index is 0.170. The predicted molar refractivity (Wildman–Crippen MR) is 131 cm³/mol. The van der Waals surface area contributed by atoms with E-state index in [-0.39, 0.29) is 12.3 Å². The Bertz CT molecular complexity index is 1360. The lowest BCUT2D eigenvalue weighted by atomic mass is 10.1. The first-order chi connectivity index (χ1) is 15.2. The molecule has 2 aromatic carbocycles. The molecule has 0 spiro atoms. The average Bonchev–Trinajstić information content (AvgIpc) is 3.37. The number of rotatable bonds is 7. The number of nitrogens with one attached hydrogen (secondary N) is 2. The van der Waals surface area contributed by atoms with Crippen molar-refractivity contribution in [2.24, 2.45) is 0 Å². The maximum Gasteiger partial charge on any atom is 0.232 e. The first-order valence-electron chi connectivity index (χ1n) is 9.60. The molecule has 164 valence electrons. The summed E-state index contributed by atoms with van der Waals surface area (Å²) in [6.07, 6.45) is 1.27. The van der Waals surface area contributed by atoms with Crippen LogP contribution in [0.5, 0.6) is 0 Å². The molecule has 7 nitrogen and oxygen atoms in total. The van der Waals surface area contributed by atoms with E-state index in [2.05, 4.69) is 26.1 Å². The fraction of sp³-hybridized carbons (Fsp3) is 0.136. The van der Waals surface area contributed by atoms with Crippen LogP contribution in [0.15, 0.2) is 59.3 Å². The number of nitrogens with zero attached hydrogens (tertiary/aromatic N) is 2. The molecule has 2 aromatic heterocycles. The molecule has 4 aromatic rings. The van der Waals surface area contributed by atoms with Gasteiger partial charge in [-0.15, -0.1) is 22.7 Å². The van der Waals surface area contributed by atoms with Gasteiger partial charge in [-0.2, -0.15) is 0 Å². The minimum Gasteiger partial charge on any atom is -0.302 e. The van der Waals surface area contributed by atoms with Gasteiger partial charge in [0.25, 0.3) is 0 Å². The van der Waals surface area contributed by atoms with Gasteiger partial charge in [-0.25, -0.2) is 18.4 Å². The second-order valence-corrected chi connectivity index (χ2v) is 10.7. The summed E-state index contributed by atoms with van der Waals surface area (Å²) in [7, 11) is -3.32. The number of hydrogen-bond donors (Lipinski definition) is 2. The topological polar surface area (TPSA) is 101 Å². The summed E-state index contributed by atoms with van der Waals surface area (Å²) in [5.74, 6) is -0.181. The number of thiazole rings is 2. The Morgan fingerprint density at radius 2 is 1.78 bits per heavy atom. The fourth-order valence-electron chi connectivity index (χ4n) is 3.01. The molecule has 0 saturated heterocycles. The van der Waals surface area contributed by atoms with Crippen LogP contribution in [0, 0.1) is 6.92 Å². The Morgan fingerprint density at radius 3 is 2.50 bits per heavy atom. The van der Waals surface area contributed by atoms with Crippen LogP contribution >= 0.6 is 22.7 Å². The highest BCUT2D eigenvalue weighted by Crippen LogP contribution is 2.27. The summed E-state index contributed by atoms with van der Waals surface area (Å²) in [5.41, 5.74) is 4.93. The summed E-state index contributed by atoms with van der Waals surface area (Å²) in [5, 5.41) is 7.95. The van der Waals surface area contributed by atoms with E-state index in [4.69, 9.17) is 0 Å². The summed E-state index contributed by atoms with van der Waals surface area (Å²) in [6, 6.07) is 15.0. The molecule has 32 heavy (non-hydrogen) atoms. The van der Waals surface area contributed by atoms with Crippen LogP contribution in [-0.4, -0.2) is 30.5 Å². The van der Waals surface area contributed by atoms with E-state index in [0.29, 0.717) is 16.5 Å². The number of anilines is 2. The van der Waals surface area contributed by atoms with Gasteiger partial charge in [0, 0.05) is 27.6 Å². The number of carbonyl (C=O) groups excluding carboxylic acids is 1. The molecule has 1 amide bonds. The number of benzene rings is 2. The molecule has 0 radical (unpaired) electrons. The molecule has 0 fully saturated rings. The van der Waals surface area contributed by atoms with Crippen molar-refractivity contribution in [1.29, 1.82) is 0 Å².